The van der Waals surface area contributed by atoms with Crippen molar-refractivity contribution in [1.29, 1.82) is 0 Å². The second-order valence-electron chi connectivity index (χ2n) is 6.09. The summed E-state index contributed by atoms with van der Waals surface area (Å²) in [7, 11) is 1.58. The number of aromatic nitrogens is 2. The molecule has 0 bridgehead atoms. The van der Waals surface area contributed by atoms with Gasteiger partial charge in [-0.25, -0.2) is 0 Å². The van der Waals surface area contributed by atoms with Gasteiger partial charge < -0.3 is 10.1 Å². The summed E-state index contributed by atoms with van der Waals surface area (Å²) in [4.78, 5) is 25.6. The predicted octanol–water partition coefficient (Wildman–Crippen LogP) is 4.23. The van der Waals surface area contributed by atoms with Crippen LogP contribution in [0.3, 0.4) is 0 Å². The van der Waals surface area contributed by atoms with Crippen LogP contribution < -0.4 is 15.4 Å². The first kappa shape index (κ1) is 20.8. The number of carbonyl (C=O) groups is 2. The van der Waals surface area contributed by atoms with Gasteiger partial charge in [0.05, 0.1) is 12.4 Å². The summed E-state index contributed by atoms with van der Waals surface area (Å²) < 4.78 is 5.10. The monoisotopic (exact) mass is 428 g/mol. The highest BCUT2D eigenvalue weighted by molar-refractivity contribution is 8.00. The number of nitrogens with one attached hydrogen (secondary N) is 2. The van der Waals surface area contributed by atoms with Gasteiger partial charge >= 0.3 is 0 Å². The minimum Gasteiger partial charge on any atom is -0.497 e. The summed E-state index contributed by atoms with van der Waals surface area (Å²) in [5, 5.41) is 14.4. The zero-order valence-electron chi connectivity index (χ0n) is 16.1. The van der Waals surface area contributed by atoms with Gasteiger partial charge in [0, 0.05) is 16.1 Å². The van der Waals surface area contributed by atoms with Crippen LogP contribution in [0, 0.1) is 6.92 Å². The summed E-state index contributed by atoms with van der Waals surface area (Å²) in [5.74, 6) is 0.321. The zero-order valence-corrected chi connectivity index (χ0v) is 17.8. The number of rotatable bonds is 7. The Bertz CT molecular complexity index is 1000. The zero-order chi connectivity index (χ0) is 20.8. The quantitative estimate of drug-likeness (QED) is 0.547. The maximum atomic E-state index is 12.4. The van der Waals surface area contributed by atoms with Crippen LogP contribution in [-0.2, 0) is 4.79 Å². The molecule has 29 heavy (non-hydrogen) atoms. The van der Waals surface area contributed by atoms with Gasteiger partial charge in [-0.1, -0.05) is 17.4 Å². The molecule has 3 aromatic rings. The second-order valence-corrected chi connectivity index (χ2v) is 8.68. The third-order valence-electron chi connectivity index (χ3n) is 3.88. The molecule has 9 heteroatoms. The van der Waals surface area contributed by atoms with E-state index in [1.54, 1.807) is 37.4 Å². The van der Waals surface area contributed by atoms with Gasteiger partial charge in [0.1, 0.15) is 10.8 Å². The molecule has 0 radical (unpaired) electrons. The van der Waals surface area contributed by atoms with Crippen molar-refractivity contribution in [3.63, 3.8) is 0 Å². The molecule has 1 unspecified atom stereocenters. The van der Waals surface area contributed by atoms with Gasteiger partial charge in [0.15, 0.2) is 0 Å². The van der Waals surface area contributed by atoms with Crippen LogP contribution in [0.5, 0.6) is 5.75 Å². The molecule has 2 aromatic carbocycles. The number of hydrogen-bond acceptors (Lipinski definition) is 7. The molecule has 0 aliphatic heterocycles. The fraction of sp³-hybridized carbons (Fsp3) is 0.200. The lowest BCUT2D eigenvalue weighted by Crippen LogP contribution is -2.22. The van der Waals surface area contributed by atoms with Gasteiger partial charge in [-0.2, -0.15) is 0 Å². The molecule has 3 rings (SSSR count). The Morgan fingerprint density at radius 1 is 1.10 bits per heavy atom. The third kappa shape index (κ3) is 5.78. The van der Waals surface area contributed by atoms with Crippen molar-refractivity contribution in [3.05, 3.63) is 59.1 Å². The number of methoxy groups -OCH3 is 1. The van der Waals surface area contributed by atoms with Gasteiger partial charge in [0.25, 0.3) is 5.91 Å². The highest BCUT2D eigenvalue weighted by Crippen LogP contribution is 2.27. The maximum absolute atomic E-state index is 12.4. The number of thioether (sulfide) groups is 1. The average Bonchev–Trinajstić information content (AvgIpc) is 3.12. The molecular weight excluding hydrogens is 408 g/mol. The first-order chi connectivity index (χ1) is 13.9. The summed E-state index contributed by atoms with van der Waals surface area (Å²) in [6.45, 7) is 3.65. The largest absolute Gasteiger partial charge is 0.497 e. The van der Waals surface area contributed by atoms with Crippen LogP contribution in [0.1, 0.15) is 22.3 Å². The van der Waals surface area contributed by atoms with Crippen molar-refractivity contribution in [2.24, 2.45) is 0 Å². The van der Waals surface area contributed by atoms with Gasteiger partial charge in [-0.15, -0.1) is 22.0 Å². The van der Waals surface area contributed by atoms with Crippen molar-refractivity contribution in [2.45, 2.75) is 24.0 Å². The van der Waals surface area contributed by atoms with Crippen molar-refractivity contribution in [1.82, 2.24) is 10.2 Å². The number of aryl methyl sites for hydroxylation is 1. The molecule has 0 fully saturated rings. The number of benzene rings is 2. The van der Waals surface area contributed by atoms with Crippen molar-refractivity contribution < 1.29 is 14.3 Å². The molecule has 0 spiro atoms. The van der Waals surface area contributed by atoms with Crippen LogP contribution in [0.2, 0.25) is 0 Å². The first-order valence-electron chi connectivity index (χ1n) is 8.77. The third-order valence-corrected chi connectivity index (χ3v) is 5.73. The SMILES string of the molecule is COc1ccc(C(=O)Nc2cccc(SC(C)C(=O)Nc3nnc(C)s3)c2)cc1. The molecule has 150 valence electrons. The van der Waals surface area contributed by atoms with Gasteiger partial charge in [-0.3, -0.25) is 14.9 Å². The van der Waals surface area contributed by atoms with Crippen molar-refractivity contribution >= 4 is 45.7 Å². The second kappa shape index (κ2) is 9.53. The van der Waals surface area contributed by atoms with E-state index in [4.69, 9.17) is 4.74 Å². The summed E-state index contributed by atoms with van der Waals surface area (Å²) >= 11 is 2.73. The smallest absolute Gasteiger partial charge is 0.255 e. The number of anilines is 2. The van der Waals surface area contributed by atoms with Crippen LogP contribution in [0.4, 0.5) is 10.8 Å². The van der Waals surface area contributed by atoms with E-state index in [1.165, 1.54) is 23.1 Å². The molecule has 1 heterocycles. The fourth-order valence-electron chi connectivity index (χ4n) is 2.40. The lowest BCUT2D eigenvalue weighted by atomic mass is 10.2. The van der Waals surface area contributed by atoms with Crippen molar-refractivity contribution in [3.8, 4) is 5.75 Å². The Labute approximate surface area is 176 Å². The average molecular weight is 429 g/mol. The Hall–Kier alpha value is -2.91. The molecule has 0 aliphatic rings. The number of hydrogen-bond donors (Lipinski definition) is 2. The van der Waals surface area contributed by atoms with E-state index in [9.17, 15) is 9.59 Å². The normalized spacial score (nSPS) is 11.6. The van der Waals surface area contributed by atoms with Crippen LogP contribution in [0.15, 0.2) is 53.4 Å². The summed E-state index contributed by atoms with van der Waals surface area (Å²) in [5.41, 5.74) is 1.19. The Morgan fingerprint density at radius 3 is 2.52 bits per heavy atom. The van der Waals surface area contributed by atoms with E-state index in [0.29, 0.717) is 22.1 Å². The molecule has 0 aliphatic carbocycles. The number of amides is 2. The molecule has 7 nitrogen and oxygen atoms in total. The highest BCUT2D eigenvalue weighted by Gasteiger charge is 2.16. The van der Waals surface area contributed by atoms with E-state index in [2.05, 4.69) is 20.8 Å². The topological polar surface area (TPSA) is 93.2 Å². The van der Waals surface area contributed by atoms with Gasteiger partial charge in [-0.05, 0) is 56.3 Å². The minimum absolute atomic E-state index is 0.154. The fourth-order valence-corrected chi connectivity index (χ4v) is 3.93. The molecule has 1 aromatic heterocycles. The minimum atomic E-state index is -0.341. The predicted molar refractivity (Wildman–Crippen MR) is 116 cm³/mol. The van der Waals surface area contributed by atoms with E-state index in [1.807, 2.05) is 32.0 Å². The van der Waals surface area contributed by atoms with E-state index >= 15 is 0 Å². The standard InChI is InChI=1S/C20H20N4O3S2/c1-12(18(25)22-20-24-23-13(2)29-20)28-17-6-4-5-15(11-17)21-19(26)14-7-9-16(27-3)10-8-14/h4-12H,1-3H3,(H,21,26)(H,22,24,25). The Balaban J connectivity index is 1.60. The molecule has 2 N–H and O–H groups in total. The molecule has 1 atom stereocenters. The maximum Gasteiger partial charge on any atom is 0.255 e. The summed E-state index contributed by atoms with van der Waals surface area (Å²) in [6.07, 6.45) is 0. The molecule has 2 amide bonds. The molecule has 0 saturated heterocycles. The van der Waals surface area contributed by atoms with E-state index in [0.717, 1.165) is 9.90 Å². The van der Waals surface area contributed by atoms with Crippen LogP contribution >= 0.6 is 23.1 Å². The van der Waals surface area contributed by atoms with Crippen molar-refractivity contribution in [2.75, 3.05) is 17.7 Å². The molecule has 0 saturated carbocycles. The lowest BCUT2D eigenvalue weighted by molar-refractivity contribution is -0.115. The summed E-state index contributed by atoms with van der Waals surface area (Å²) in [6, 6.07) is 14.3. The van der Waals surface area contributed by atoms with Crippen LogP contribution in [-0.4, -0.2) is 34.4 Å². The Morgan fingerprint density at radius 2 is 1.86 bits per heavy atom. The number of nitrogens with zero attached hydrogens (tertiary/aromatic N) is 2. The molecular formula is C20H20N4O3S2. The number of ether oxygens (including phenoxy) is 1. The van der Waals surface area contributed by atoms with Crippen LogP contribution in [0.25, 0.3) is 0 Å². The Kier molecular flexibility index (Phi) is 6.84. The number of carbonyl (C=O) groups excluding carboxylic acids is 2. The van der Waals surface area contributed by atoms with E-state index < -0.39 is 0 Å². The lowest BCUT2D eigenvalue weighted by Gasteiger charge is -2.12. The van der Waals surface area contributed by atoms with E-state index in [-0.39, 0.29) is 17.1 Å². The van der Waals surface area contributed by atoms with Gasteiger partial charge in [0.2, 0.25) is 11.0 Å². The first-order valence-corrected chi connectivity index (χ1v) is 10.5. The highest BCUT2D eigenvalue weighted by atomic mass is 32.2.